The Morgan fingerprint density at radius 2 is 1.88 bits per heavy atom. The molecule has 6 heteroatoms. The molecule has 26 heavy (non-hydrogen) atoms. The topological polar surface area (TPSA) is 50.8 Å². The van der Waals surface area contributed by atoms with Crippen LogP contribution < -0.4 is 5.32 Å². The van der Waals surface area contributed by atoms with Gasteiger partial charge in [-0.1, -0.05) is 64.5 Å². The Labute approximate surface area is 162 Å². The van der Waals surface area contributed by atoms with Gasteiger partial charge in [0.1, 0.15) is 6.61 Å². The van der Waals surface area contributed by atoms with Crippen molar-refractivity contribution in [3.05, 3.63) is 70.2 Å². The van der Waals surface area contributed by atoms with Crippen molar-refractivity contribution < 1.29 is 14.3 Å². The standard InChI is InChI=1S/C20H23BrN2O3/c21-19-9-5-4-8-17(19)14-25-15-18-12-23(11-10-22-18)20(24)26-13-16-6-2-1-3-7-16/h1-9,18,22H,10-15H2. The summed E-state index contributed by atoms with van der Waals surface area (Å²) >= 11 is 3.52. The zero-order valence-corrected chi connectivity index (χ0v) is 16.2. The van der Waals surface area contributed by atoms with Crippen LogP contribution in [-0.4, -0.2) is 43.3 Å². The molecule has 1 N–H and O–H groups in total. The van der Waals surface area contributed by atoms with Gasteiger partial charge >= 0.3 is 6.09 Å². The number of nitrogens with zero attached hydrogens (tertiary/aromatic N) is 1. The molecule has 1 aliphatic rings. The number of piperazine rings is 1. The van der Waals surface area contributed by atoms with Gasteiger partial charge in [0.15, 0.2) is 0 Å². The monoisotopic (exact) mass is 418 g/mol. The number of amides is 1. The number of hydrogen-bond donors (Lipinski definition) is 1. The van der Waals surface area contributed by atoms with Gasteiger partial charge in [0.25, 0.3) is 0 Å². The van der Waals surface area contributed by atoms with Gasteiger partial charge in [0, 0.05) is 30.1 Å². The van der Waals surface area contributed by atoms with Crippen molar-refractivity contribution in [2.24, 2.45) is 0 Å². The largest absolute Gasteiger partial charge is 0.445 e. The fraction of sp³-hybridized carbons (Fsp3) is 0.350. The summed E-state index contributed by atoms with van der Waals surface area (Å²) in [4.78, 5) is 14.0. The maximum Gasteiger partial charge on any atom is 0.410 e. The molecule has 1 unspecified atom stereocenters. The van der Waals surface area contributed by atoms with Crippen LogP contribution in [-0.2, 0) is 22.7 Å². The number of rotatable bonds is 6. The molecule has 0 saturated carbocycles. The molecule has 5 nitrogen and oxygen atoms in total. The van der Waals surface area contributed by atoms with Gasteiger partial charge in [-0.15, -0.1) is 0 Å². The number of ether oxygens (including phenoxy) is 2. The van der Waals surface area contributed by atoms with Crippen molar-refractivity contribution in [2.75, 3.05) is 26.2 Å². The van der Waals surface area contributed by atoms with E-state index in [1.807, 2.05) is 54.6 Å². The predicted octanol–water partition coefficient (Wildman–Crippen LogP) is 3.58. The summed E-state index contributed by atoms with van der Waals surface area (Å²) < 4.78 is 12.3. The van der Waals surface area contributed by atoms with E-state index in [0.717, 1.165) is 22.1 Å². The summed E-state index contributed by atoms with van der Waals surface area (Å²) in [5.41, 5.74) is 2.10. The Hall–Kier alpha value is -1.89. The van der Waals surface area contributed by atoms with Crippen LogP contribution in [0.1, 0.15) is 11.1 Å². The van der Waals surface area contributed by atoms with E-state index < -0.39 is 0 Å². The van der Waals surface area contributed by atoms with Crippen molar-refractivity contribution in [3.8, 4) is 0 Å². The minimum atomic E-state index is -0.272. The summed E-state index contributed by atoms with van der Waals surface area (Å²) in [6.45, 7) is 3.36. The second-order valence-electron chi connectivity index (χ2n) is 6.24. The number of carbonyl (C=O) groups is 1. The lowest BCUT2D eigenvalue weighted by Gasteiger charge is -2.32. The summed E-state index contributed by atoms with van der Waals surface area (Å²) in [6, 6.07) is 17.8. The molecule has 0 radical (unpaired) electrons. The second-order valence-corrected chi connectivity index (χ2v) is 7.10. The SMILES string of the molecule is O=C(OCc1ccccc1)N1CCNC(COCc2ccccc2Br)C1. The summed E-state index contributed by atoms with van der Waals surface area (Å²) in [5.74, 6) is 0. The van der Waals surface area contributed by atoms with Crippen LogP contribution in [0, 0.1) is 0 Å². The van der Waals surface area contributed by atoms with Crippen molar-refractivity contribution in [1.82, 2.24) is 10.2 Å². The van der Waals surface area contributed by atoms with Crippen molar-refractivity contribution in [1.29, 1.82) is 0 Å². The fourth-order valence-corrected chi connectivity index (χ4v) is 3.24. The van der Waals surface area contributed by atoms with Crippen LogP contribution in [0.4, 0.5) is 4.79 Å². The van der Waals surface area contributed by atoms with Gasteiger partial charge in [-0.25, -0.2) is 4.79 Å². The Bertz CT molecular complexity index is 711. The Morgan fingerprint density at radius 3 is 2.69 bits per heavy atom. The first-order valence-electron chi connectivity index (χ1n) is 8.72. The normalized spacial score (nSPS) is 17.1. The maximum absolute atomic E-state index is 12.3. The number of halogens is 1. The van der Waals surface area contributed by atoms with Crippen molar-refractivity contribution in [3.63, 3.8) is 0 Å². The van der Waals surface area contributed by atoms with E-state index in [1.165, 1.54) is 0 Å². The maximum atomic E-state index is 12.3. The summed E-state index contributed by atoms with van der Waals surface area (Å²) in [7, 11) is 0. The fourth-order valence-electron chi connectivity index (χ4n) is 2.84. The molecule has 0 aromatic heterocycles. The molecule has 1 amide bonds. The van der Waals surface area contributed by atoms with Crippen LogP contribution in [0.25, 0.3) is 0 Å². The lowest BCUT2D eigenvalue weighted by atomic mass is 10.2. The van der Waals surface area contributed by atoms with Crippen LogP contribution in [0.5, 0.6) is 0 Å². The Morgan fingerprint density at radius 1 is 1.12 bits per heavy atom. The van der Waals surface area contributed by atoms with E-state index in [1.54, 1.807) is 4.90 Å². The highest BCUT2D eigenvalue weighted by Gasteiger charge is 2.24. The molecule has 2 aromatic carbocycles. The van der Waals surface area contributed by atoms with Gasteiger partial charge in [0.05, 0.1) is 13.2 Å². The summed E-state index contributed by atoms with van der Waals surface area (Å²) in [5, 5.41) is 3.39. The molecular weight excluding hydrogens is 396 g/mol. The molecule has 138 valence electrons. The third kappa shape index (κ3) is 5.56. The average molecular weight is 419 g/mol. The van der Waals surface area contributed by atoms with Crippen LogP contribution in [0.15, 0.2) is 59.1 Å². The van der Waals surface area contributed by atoms with Crippen LogP contribution in [0.2, 0.25) is 0 Å². The van der Waals surface area contributed by atoms with Gasteiger partial charge < -0.3 is 19.7 Å². The van der Waals surface area contributed by atoms with E-state index in [0.29, 0.717) is 32.9 Å². The first-order chi connectivity index (χ1) is 12.7. The molecule has 1 saturated heterocycles. The third-order valence-electron chi connectivity index (χ3n) is 4.25. The Balaban J connectivity index is 1.42. The molecule has 1 heterocycles. The zero-order chi connectivity index (χ0) is 18.2. The van der Waals surface area contributed by atoms with E-state index in [2.05, 4.69) is 21.2 Å². The molecule has 1 fully saturated rings. The van der Waals surface area contributed by atoms with Crippen molar-refractivity contribution in [2.45, 2.75) is 19.3 Å². The smallest absolute Gasteiger partial charge is 0.410 e. The van der Waals surface area contributed by atoms with E-state index >= 15 is 0 Å². The van der Waals surface area contributed by atoms with Gasteiger partial charge in [-0.3, -0.25) is 0 Å². The molecule has 1 aliphatic heterocycles. The van der Waals surface area contributed by atoms with Gasteiger partial charge in [-0.2, -0.15) is 0 Å². The van der Waals surface area contributed by atoms with E-state index in [4.69, 9.17) is 9.47 Å². The zero-order valence-electron chi connectivity index (χ0n) is 14.6. The highest BCUT2D eigenvalue weighted by molar-refractivity contribution is 9.10. The first kappa shape index (κ1) is 18.9. The first-order valence-corrected chi connectivity index (χ1v) is 9.52. The average Bonchev–Trinajstić information content (AvgIpc) is 2.69. The number of benzene rings is 2. The highest BCUT2D eigenvalue weighted by Crippen LogP contribution is 2.16. The number of carbonyl (C=O) groups excluding carboxylic acids is 1. The molecule has 0 bridgehead atoms. The van der Waals surface area contributed by atoms with Gasteiger partial charge in [0.2, 0.25) is 0 Å². The molecule has 1 atom stereocenters. The molecule has 0 spiro atoms. The van der Waals surface area contributed by atoms with Crippen LogP contribution in [0.3, 0.4) is 0 Å². The summed E-state index contributed by atoms with van der Waals surface area (Å²) in [6.07, 6.45) is -0.272. The Kier molecular flexibility index (Phi) is 7.05. The third-order valence-corrected chi connectivity index (χ3v) is 5.03. The molecule has 3 rings (SSSR count). The molecule has 0 aliphatic carbocycles. The minimum Gasteiger partial charge on any atom is -0.445 e. The quantitative estimate of drug-likeness (QED) is 0.778. The van der Waals surface area contributed by atoms with E-state index in [9.17, 15) is 4.79 Å². The number of nitrogens with one attached hydrogen (secondary N) is 1. The lowest BCUT2D eigenvalue weighted by Crippen LogP contribution is -2.54. The van der Waals surface area contributed by atoms with E-state index in [-0.39, 0.29) is 12.1 Å². The second kappa shape index (κ2) is 9.71. The predicted molar refractivity (Wildman–Crippen MR) is 104 cm³/mol. The number of hydrogen-bond acceptors (Lipinski definition) is 4. The highest BCUT2D eigenvalue weighted by atomic mass is 79.9. The van der Waals surface area contributed by atoms with Crippen molar-refractivity contribution >= 4 is 22.0 Å². The molecule has 2 aromatic rings. The minimum absolute atomic E-state index is 0.107. The van der Waals surface area contributed by atoms with Gasteiger partial charge in [-0.05, 0) is 17.2 Å². The van der Waals surface area contributed by atoms with Crippen LogP contribution >= 0.6 is 15.9 Å². The molecular formula is C20H23BrN2O3. The lowest BCUT2D eigenvalue weighted by molar-refractivity contribution is 0.0558.